The van der Waals surface area contributed by atoms with Crippen molar-refractivity contribution in [1.29, 1.82) is 0 Å². The van der Waals surface area contributed by atoms with E-state index in [1.165, 1.54) is 0 Å². The normalized spacial score (nSPS) is 10.1. The third-order valence-corrected chi connectivity index (χ3v) is 2.79. The monoisotopic (exact) mass is 264 g/mol. The summed E-state index contributed by atoms with van der Waals surface area (Å²) in [6.07, 6.45) is 0.237. The highest BCUT2D eigenvalue weighted by Gasteiger charge is 2.16. The first-order valence-electron chi connectivity index (χ1n) is 6.33. The zero-order valence-corrected chi connectivity index (χ0v) is 11.9. The van der Waals surface area contributed by atoms with Crippen molar-refractivity contribution in [3.05, 3.63) is 28.8 Å². The average molecular weight is 264 g/mol. The van der Waals surface area contributed by atoms with E-state index in [1.54, 1.807) is 20.1 Å². The van der Waals surface area contributed by atoms with E-state index in [0.29, 0.717) is 17.9 Å². The summed E-state index contributed by atoms with van der Waals surface area (Å²) in [6, 6.07) is 3.75. The van der Waals surface area contributed by atoms with Crippen LogP contribution in [-0.2, 0) is 9.53 Å². The van der Waals surface area contributed by atoms with Crippen LogP contribution >= 0.6 is 0 Å². The highest BCUT2D eigenvalue weighted by molar-refractivity contribution is 6.00. The first-order chi connectivity index (χ1) is 8.99. The molecule has 0 fully saturated rings. The van der Waals surface area contributed by atoms with E-state index in [1.807, 2.05) is 19.9 Å². The SMILES string of the molecule is CCOC(=O)CCC(=O)c1cc(C)cc(C)c1OC. The van der Waals surface area contributed by atoms with Gasteiger partial charge < -0.3 is 9.47 Å². The molecule has 0 aliphatic rings. The zero-order chi connectivity index (χ0) is 14.4. The van der Waals surface area contributed by atoms with E-state index in [4.69, 9.17) is 9.47 Å². The Labute approximate surface area is 113 Å². The first-order valence-corrected chi connectivity index (χ1v) is 6.33. The standard InChI is InChI=1S/C15H20O4/c1-5-19-14(17)7-6-13(16)12-9-10(2)8-11(3)15(12)18-4/h8-9H,5-7H2,1-4H3. The molecule has 0 amide bonds. The zero-order valence-electron chi connectivity index (χ0n) is 11.9. The number of ketones is 1. The third kappa shape index (κ3) is 4.09. The van der Waals surface area contributed by atoms with Crippen LogP contribution in [0.3, 0.4) is 0 Å². The van der Waals surface area contributed by atoms with Gasteiger partial charge in [-0.25, -0.2) is 0 Å². The molecular formula is C15H20O4. The molecule has 0 aliphatic carbocycles. The molecule has 0 atom stereocenters. The fraction of sp³-hybridized carbons (Fsp3) is 0.467. The first kappa shape index (κ1) is 15.2. The van der Waals surface area contributed by atoms with Gasteiger partial charge in [0.15, 0.2) is 5.78 Å². The van der Waals surface area contributed by atoms with Crippen LogP contribution in [0.25, 0.3) is 0 Å². The van der Waals surface area contributed by atoms with Crippen LogP contribution in [0.2, 0.25) is 0 Å². The van der Waals surface area contributed by atoms with E-state index in [9.17, 15) is 9.59 Å². The van der Waals surface area contributed by atoms with Gasteiger partial charge in [0.05, 0.1) is 25.7 Å². The summed E-state index contributed by atoms with van der Waals surface area (Å²) in [4.78, 5) is 23.4. The fourth-order valence-corrected chi connectivity index (χ4v) is 2.02. The minimum absolute atomic E-state index is 0.100. The Morgan fingerprint density at radius 3 is 2.42 bits per heavy atom. The number of rotatable bonds is 6. The molecule has 0 bridgehead atoms. The number of methoxy groups -OCH3 is 1. The summed E-state index contributed by atoms with van der Waals surface area (Å²) in [5.74, 6) is 0.135. The number of carbonyl (C=O) groups excluding carboxylic acids is 2. The molecule has 4 nitrogen and oxygen atoms in total. The highest BCUT2D eigenvalue weighted by Crippen LogP contribution is 2.26. The largest absolute Gasteiger partial charge is 0.496 e. The highest BCUT2D eigenvalue weighted by atomic mass is 16.5. The predicted octanol–water partition coefficient (Wildman–Crippen LogP) is 2.84. The second kappa shape index (κ2) is 6.92. The molecule has 4 heteroatoms. The summed E-state index contributed by atoms with van der Waals surface area (Å²) in [6.45, 7) is 5.90. The molecule has 0 heterocycles. The van der Waals surface area contributed by atoms with Crippen molar-refractivity contribution in [2.24, 2.45) is 0 Å². The van der Waals surface area contributed by atoms with Crippen LogP contribution < -0.4 is 4.74 Å². The van der Waals surface area contributed by atoms with Gasteiger partial charge in [0, 0.05) is 6.42 Å². The van der Waals surface area contributed by atoms with Crippen LogP contribution in [0.4, 0.5) is 0 Å². The smallest absolute Gasteiger partial charge is 0.306 e. The van der Waals surface area contributed by atoms with Crippen molar-refractivity contribution >= 4 is 11.8 Å². The van der Waals surface area contributed by atoms with Gasteiger partial charge in [-0.2, -0.15) is 0 Å². The van der Waals surface area contributed by atoms with Gasteiger partial charge in [-0.3, -0.25) is 9.59 Å². The number of aryl methyl sites for hydroxylation is 2. The summed E-state index contributed by atoms with van der Waals surface area (Å²) < 4.78 is 10.1. The molecule has 0 saturated heterocycles. The second-order valence-corrected chi connectivity index (χ2v) is 4.39. The Morgan fingerprint density at radius 1 is 1.16 bits per heavy atom. The van der Waals surface area contributed by atoms with Crippen molar-refractivity contribution in [1.82, 2.24) is 0 Å². The minimum atomic E-state index is -0.348. The fourth-order valence-electron chi connectivity index (χ4n) is 2.02. The molecule has 0 aromatic heterocycles. The second-order valence-electron chi connectivity index (χ2n) is 4.39. The lowest BCUT2D eigenvalue weighted by Gasteiger charge is -2.11. The Kier molecular flexibility index (Phi) is 5.55. The van der Waals surface area contributed by atoms with Gasteiger partial charge in [-0.05, 0) is 38.0 Å². The molecule has 0 radical (unpaired) electrons. The maximum Gasteiger partial charge on any atom is 0.306 e. The Bertz CT molecular complexity index is 477. The van der Waals surface area contributed by atoms with E-state index in [-0.39, 0.29) is 24.6 Å². The average Bonchev–Trinajstić information content (AvgIpc) is 2.35. The van der Waals surface area contributed by atoms with Gasteiger partial charge in [0.25, 0.3) is 0 Å². The summed E-state index contributed by atoms with van der Waals surface area (Å²) >= 11 is 0. The quantitative estimate of drug-likeness (QED) is 0.585. The van der Waals surface area contributed by atoms with Crippen LogP contribution in [-0.4, -0.2) is 25.5 Å². The Hall–Kier alpha value is -1.84. The van der Waals surface area contributed by atoms with Crippen molar-refractivity contribution in [2.75, 3.05) is 13.7 Å². The van der Waals surface area contributed by atoms with Crippen LogP contribution in [0.5, 0.6) is 5.75 Å². The van der Waals surface area contributed by atoms with Crippen LogP contribution in [0, 0.1) is 13.8 Å². The van der Waals surface area contributed by atoms with Crippen LogP contribution in [0.1, 0.15) is 41.3 Å². The van der Waals surface area contributed by atoms with Gasteiger partial charge >= 0.3 is 5.97 Å². The molecule has 19 heavy (non-hydrogen) atoms. The van der Waals surface area contributed by atoms with Gasteiger partial charge in [0.2, 0.25) is 0 Å². The lowest BCUT2D eigenvalue weighted by molar-refractivity contribution is -0.143. The van der Waals surface area contributed by atoms with Crippen molar-refractivity contribution in [3.8, 4) is 5.75 Å². The maximum absolute atomic E-state index is 12.1. The topological polar surface area (TPSA) is 52.6 Å². The summed E-state index contributed by atoms with van der Waals surface area (Å²) in [5, 5.41) is 0. The maximum atomic E-state index is 12.1. The number of carbonyl (C=O) groups is 2. The molecule has 0 saturated carbocycles. The molecule has 0 spiro atoms. The number of Topliss-reactive ketones (excluding diaryl/α,β-unsaturated/α-hetero) is 1. The molecule has 0 aliphatic heterocycles. The minimum Gasteiger partial charge on any atom is -0.496 e. The van der Waals surface area contributed by atoms with Crippen LogP contribution in [0.15, 0.2) is 12.1 Å². The van der Waals surface area contributed by atoms with Crippen molar-refractivity contribution in [3.63, 3.8) is 0 Å². The molecular weight excluding hydrogens is 244 g/mol. The molecule has 0 N–H and O–H groups in total. The van der Waals surface area contributed by atoms with Crippen molar-refractivity contribution < 1.29 is 19.1 Å². The Balaban J connectivity index is 2.84. The number of benzene rings is 1. The molecule has 104 valence electrons. The molecule has 1 aromatic carbocycles. The van der Waals surface area contributed by atoms with Gasteiger partial charge in [-0.15, -0.1) is 0 Å². The predicted molar refractivity (Wildman–Crippen MR) is 72.7 cm³/mol. The number of esters is 1. The van der Waals surface area contributed by atoms with E-state index < -0.39 is 0 Å². The van der Waals surface area contributed by atoms with E-state index in [2.05, 4.69) is 0 Å². The lowest BCUT2D eigenvalue weighted by atomic mass is 10.00. The summed E-state index contributed by atoms with van der Waals surface area (Å²) in [7, 11) is 1.54. The lowest BCUT2D eigenvalue weighted by Crippen LogP contribution is -2.09. The summed E-state index contributed by atoms with van der Waals surface area (Å²) in [5.41, 5.74) is 2.45. The van der Waals surface area contributed by atoms with Gasteiger partial charge in [-0.1, -0.05) is 6.07 Å². The Morgan fingerprint density at radius 2 is 1.84 bits per heavy atom. The molecule has 0 unspecified atom stereocenters. The van der Waals surface area contributed by atoms with E-state index in [0.717, 1.165) is 11.1 Å². The number of hydrogen-bond donors (Lipinski definition) is 0. The van der Waals surface area contributed by atoms with E-state index >= 15 is 0 Å². The molecule has 1 aromatic rings. The van der Waals surface area contributed by atoms with Gasteiger partial charge in [0.1, 0.15) is 5.75 Å². The number of hydrogen-bond acceptors (Lipinski definition) is 4. The number of ether oxygens (including phenoxy) is 2. The third-order valence-electron chi connectivity index (χ3n) is 2.79. The van der Waals surface area contributed by atoms with Crippen molar-refractivity contribution in [2.45, 2.75) is 33.6 Å². The molecule has 1 rings (SSSR count).